The van der Waals surface area contributed by atoms with E-state index in [-0.39, 0.29) is 10.9 Å². The topological polar surface area (TPSA) is 89.0 Å². The smallest absolute Gasteiger partial charge is 0.262 e. The van der Waals surface area contributed by atoms with Crippen molar-refractivity contribution in [1.29, 1.82) is 0 Å². The van der Waals surface area contributed by atoms with Gasteiger partial charge in [-0.2, -0.15) is 5.10 Å². The van der Waals surface area contributed by atoms with Crippen molar-refractivity contribution in [2.24, 2.45) is 11.0 Å². The second-order valence-corrected chi connectivity index (χ2v) is 8.69. The minimum absolute atomic E-state index is 0.184. The van der Waals surface area contributed by atoms with Crippen molar-refractivity contribution >= 4 is 57.2 Å². The molecule has 0 aliphatic heterocycles. The van der Waals surface area contributed by atoms with E-state index in [2.05, 4.69) is 31.8 Å². The van der Waals surface area contributed by atoms with Gasteiger partial charge in [-0.05, 0) is 64.7 Å². The van der Waals surface area contributed by atoms with Gasteiger partial charge in [0.25, 0.3) is 11.8 Å². The number of halogens is 3. The van der Waals surface area contributed by atoms with Crippen LogP contribution in [0.15, 0.2) is 39.9 Å². The van der Waals surface area contributed by atoms with Gasteiger partial charge in [-0.15, -0.1) is 0 Å². The lowest BCUT2D eigenvalue weighted by Gasteiger charge is -2.20. The average molecular weight is 545 g/mol. The zero-order valence-corrected chi connectivity index (χ0v) is 21.1. The highest BCUT2D eigenvalue weighted by Crippen LogP contribution is 2.36. The molecule has 32 heavy (non-hydrogen) atoms. The van der Waals surface area contributed by atoms with Crippen molar-refractivity contribution in [2.45, 2.75) is 26.8 Å². The lowest BCUT2D eigenvalue weighted by Crippen LogP contribution is -2.48. The number of hydrazone groups is 1. The van der Waals surface area contributed by atoms with E-state index in [1.807, 2.05) is 20.8 Å². The van der Waals surface area contributed by atoms with Crippen LogP contribution in [-0.4, -0.2) is 37.8 Å². The van der Waals surface area contributed by atoms with Gasteiger partial charge in [-0.25, -0.2) is 5.43 Å². The Morgan fingerprint density at radius 3 is 2.50 bits per heavy atom. The van der Waals surface area contributed by atoms with Gasteiger partial charge in [0, 0.05) is 5.56 Å². The highest BCUT2D eigenvalue weighted by atomic mass is 79.9. The highest BCUT2D eigenvalue weighted by molar-refractivity contribution is 9.10. The van der Waals surface area contributed by atoms with Crippen LogP contribution in [0.1, 0.15) is 36.7 Å². The summed E-state index contributed by atoms with van der Waals surface area (Å²) in [6.07, 6.45) is 1.47. The predicted octanol–water partition coefficient (Wildman–Crippen LogP) is 5.07. The Bertz CT molecular complexity index is 1010. The molecule has 1 atom stereocenters. The van der Waals surface area contributed by atoms with Crippen LogP contribution in [0.3, 0.4) is 0 Å². The van der Waals surface area contributed by atoms with Gasteiger partial charge >= 0.3 is 0 Å². The van der Waals surface area contributed by atoms with E-state index in [0.29, 0.717) is 38.7 Å². The van der Waals surface area contributed by atoms with Gasteiger partial charge in [0.15, 0.2) is 11.5 Å². The summed E-state index contributed by atoms with van der Waals surface area (Å²) in [6.45, 7) is 5.97. The highest BCUT2D eigenvalue weighted by Gasteiger charge is 2.24. The van der Waals surface area contributed by atoms with Crippen molar-refractivity contribution in [3.63, 3.8) is 0 Å². The van der Waals surface area contributed by atoms with Crippen LogP contribution < -0.4 is 20.2 Å². The molecule has 172 valence electrons. The molecule has 2 aromatic carbocycles. The van der Waals surface area contributed by atoms with E-state index >= 15 is 0 Å². The van der Waals surface area contributed by atoms with Gasteiger partial charge in [0.05, 0.1) is 34.4 Å². The molecule has 0 bridgehead atoms. The van der Waals surface area contributed by atoms with Crippen LogP contribution in [0, 0.1) is 5.92 Å². The second kappa shape index (κ2) is 12.1. The summed E-state index contributed by atoms with van der Waals surface area (Å²) in [5.74, 6) is 0.0322. The molecule has 0 aliphatic rings. The van der Waals surface area contributed by atoms with Crippen molar-refractivity contribution in [3.05, 3.63) is 56.0 Å². The third-order valence-corrected chi connectivity index (χ3v) is 5.67. The Labute approximate surface area is 205 Å². The van der Waals surface area contributed by atoms with E-state index in [1.165, 1.54) is 24.4 Å². The van der Waals surface area contributed by atoms with Gasteiger partial charge in [-0.1, -0.05) is 37.0 Å². The maximum atomic E-state index is 12.7. The molecule has 2 aromatic rings. The molecule has 10 heteroatoms. The first-order valence-electron chi connectivity index (χ1n) is 9.77. The molecule has 2 N–H and O–H groups in total. The standard InChI is InChI=1S/C22H24BrCl2N3O4/c1-5-32-18-9-13(8-15(23)20(18)31-4)11-26-28-22(30)19(12(2)3)27-21(29)14-6-7-16(24)17(25)10-14/h6-12,19H,5H2,1-4H3,(H,27,29)(H,28,30). The lowest BCUT2D eigenvalue weighted by molar-refractivity contribution is -0.123. The molecule has 7 nitrogen and oxygen atoms in total. The molecule has 2 amide bonds. The van der Waals surface area contributed by atoms with E-state index < -0.39 is 17.9 Å². The second-order valence-electron chi connectivity index (χ2n) is 7.03. The minimum atomic E-state index is -0.810. The quantitative estimate of drug-likeness (QED) is 0.341. The fraction of sp³-hybridized carbons (Fsp3) is 0.318. The van der Waals surface area contributed by atoms with Gasteiger partial charge < -0.3 is 14.8 Å². The van der Waals surface area contributed by atoms with E-state index in [0.717, 1.165) is 0 Å². The summed E-state index contributed by atoms with van der Waals surface area (Å²) in [5.41, 5.74) is 3.45. The predicted molar refractivity (Wildman–Crippen MR) is 130 cm³/mol. The van der Waals surface area contributed by atoms with Crippen molar-refractivity contribution < 1.29 is 19.1 Å². The zero-order valence-electron chi connectivity index (χ0n) is 18.0. The zero-order chi connectivity index (χ0) is 23.8. The van der Waals surface area contributed by atoms with Gasteiger partial charge in [0.1, 0.15) is 6.04 Å². The van der Waals surface area contributed by atoms with Crippen LogP contribution in [-0.2, 0) is 4.79 Å². The molecular formula is C22H24BrCl2N3O4. The van der Waals surface area contributed by atoms with Crippen molar-refractivity contribution in [3.8, 4) is 11.5 Å². The van der Waals surface area contributed by atoms with Crippen LogP contribution in [0.25, 0.3) is 0 Å². The Balaban J connectivity index is 2.10. The van der Waals surface area contributed by atoms with Crippen LogP contribution in [0.2, 0.25) is 10.0 Å². The third-order valence-electron chi connectivity index (χ3n) is 4.34. The summed E-state index contributed by atoms with van der Waals surface area (Å²) in [4.78, 5) is 25.2. The van der Waals surface area contributed by atoms with Gasteiger partial charge in [-0.3, -0.25) is 9.59 Å². The number of hydrogen-bond donors (Lipinski definition) is 2. The molecule has 0 aromatic heterocycles. The molecule has 0 saturated heterocycles. The van der Waals surface area contributed by atoms with E-state index in [1.54, 1.807) is 19.2 Å². The molecule has 2 rings (SSSR count). The lowest BCUT2D eigenvalue weighted by atomic mass is 10.0. The van der Waals surface area contributed by atoms with Crippen LogP contribution in [0.4, 0.5) is 0 Å². The molecule has 0 spiro atoms. The number of nitrogens with one attached hydrogen (secondary N) is 2. The first kappa shape index (κ1) is 26.0. The Hall–Kier alpha value is -2.29. The molecular weight excluding hydrogens is 521 g/mol. The SMILES string of the molecule is CCOc1cc(C=NNC(=O)C(NC(=O)c2ccc(Cl)c(Cl)c2)C(C)C)cc(Br)c1OC. The number of carbonyl (C=O) groups is 2. The number of ether oxygens (including phenoxy) is 2. The molecule has 0 radical (unpaired) electrons. The summed E-state index contributed by atoms with van der Waals surface area (Å²) < 4.78 is 11.6. The number of methoxy groups -OCH3 is 1. The minimum Gasteiger partial charge on any atom is -0.492 e. The normalized spacial score (nSPS) is 12.0. The van der Waals surface area contributed by atoms with Crippen LogP contribution in [0.5, 0.6) is 11.5 Å². The Morgan fingerprint density at radius 1 is 1.19 bits per heavy atom. The monoisotopic (exact) mass is 543 g/mol. The fourth-order valence-corrected chi connectivity index (χ4v) is 3.68. The summed E-state index contributed by atoms with van der Waals surface area (Å²) in [7, 11) is 1.55. The molecule has 0 saturated carbocycles. The van der Waals surface area contributed by atoms with E-state index in [4.69, 9.17) is 32.7 Å². The largest absolute Gasteiger partial charge is 0.492 e. The van der Waals surface area contributed by atoms with Crippen molar-refractivity contribution in [2.75, 3.05) is 13.7 Å². The summed E-state index contributed by atoms with van der Waals surface area (Å²) in [5, 5.41) is 7.32. The number of amides is 2. The number of nitrogens with zero attached hydrogens (tertiary/aromatic N) is 1. The number of carbonyl (C=O) groups excluding carboxylic acids is 2. The first-order valence-corrected chi connectivity index (χ1v) is 11.3. The number of benzene rings is 2. The maximum absolute atomic E-state index is 12.7. The molecule has 0 aliphatic carbocycles. The third kappa shape index (κ3) is 6.85. The Kier molecular flexibility index (Phi) is 9.81. The molecule has 1 unspecified atom stereocenters. The number of rotatable bonds is 9. The van der Waals surface area contributed by atoms with E-state index in [9.17, 15) is 9.59 Å². The number of hydrogen-bond acceptors (Lipinski definition) is 5. The van der Waals surface area contributed by atoms with Gasteiger partial charge in [0.2, 0.25) is 0 Å². The fourth-order valence-electron chi connectivity index (χ4n) is 2.76. The van der Waals surface area contributed by atoms with Crippen molar-refractivity contribution in [1.82, 2.24) is 10.7 Å². The first-order chi connectivity index (χ1) is 15.2. The maximum Gasteiger partial charge on any atom is 0.262 e. The summed E-state index contributed by atoms with van der Waals surface area (Å²) >= 11 is 15.3. The Morgan fingerprint density at radius 2 is 1.91 bits per heavy atom. The molecule has 0 fully saturated rings. The average Bonchev–Trinajstić information content (AvgIpc) is 2.73. The van der Waals surface area contributed by atoms with Crippen LogP contribution >= 0.6 is 39.1 Å². The molecule has 0 heterocycles. The summed E-state index contributed by atoms with van der Waals surface area (Å²) in [6, 6.07) is 7.23.